The Bertz CT molecular complexity index is 1010. The molecule has 2 heterocycles. The van der Waals surface area contributed by atoms with Crippen LogP contribution in [0.2, 0.25) is 0 Å². The second kappa shape index (κ2) is 6.72. The largest absolute Gasteiger partial charge is 0.465 e. The number of esters is 1. The summed E-state index contributed by atoms with van der Waals surface area (Å²) in [6.45, 7) is 0. The zero-order valence-electron chi connectivity index (χ0n) is 15.0. The van der Waals surface area contributed by atoms with Gasteiger partial charge in [-0.3, -0.25) is 4.79 Å². The van der Waals surface area contributed by atoms with E-state index in [0.717, 1.165) is 11.4 Å². The van der Waals surface area contributed by atoms with Crippen molar-refractivity contribution in [2.75, 3.05) is 12.4 Å². The van der Waals surface area contributed by atoms with Crippen molar-refractivity contribution < 1.29 is 14.3 Å². The van der Waals surface area contributed by atoms with Gasteiger partial charge >= 0.3 is 5.97 Å². The Labute approximate surface area is 156 Å². The number of ether oxygens (including phenoxy) is 1. The van der Waals surface area contributed by atoms with Crippen LogP contribution in [0.15, 0.2) is 60.9 Å². The number of aromatic nitrogens is 2. The maximum absolute atomic E-state index is 13.6. The molecular formula is C21H19N3O3. The molecule has 0 saturated carbocycles. The first-order valence-corrected chi connectivity index (χ1v) is 8.66. The zero-order chi connectivity index (χ0) is 19.0. The molecule has 27 heavy (non-hydrogen) atoms. The van der Waals surface area contributed by atoms with Crippen LogP contribution in [0.3, 0.4) is 0 Å². The zero-order valence-corrected chi connectivity index (χ0v) is 15.0. The van der Waals surface area contributed by atoms with E-state index in [9.17, 15) is 9.59 Å². The number of Topliss-reactive ketones (excluding diaryl/α,β-unsaturated/α-hetero) is 1. The molecule has 0 aliphatic carbocycles. The number of carbonyl (C=O) groups is 2. The van der Waals surface area contributed by atoms with E-state index in [1.807, 2.05) is 48.1 Å². The molecule has 4 rings (SSSR count). The summed E-state index contributed by atoms with van der Waals surface area (Å²) in [5.41, 5.74) is 2.12. The van der Waals surface area contributed by atoms with Crippen LogP contribution in [0.4, 0.5) is 5.69 Å². The Balaban J connectivity index is 1.92. The summed E-state index contributed by atoms with van der Waals surface area (Å²) in [6.07, 6.45) is 3.56. The number of hydrogen-bond acceptors (Lipinski definition) is 5. The molecule has 6 heteroatoms. The van der Waals surface area contributed by atoms with Crippen molar-refractivity contribution in [3.8, 4) is 0 Å². The van der Waals surface area contributed by atoms with E-state index in [1.54, 1.807) is 24.4 Å². The van der Waals surface area contributed by atoms with E-state index >= 15 is 0 Å². The Morgan fingerprint density at radius 3 is 2.59 bits per heavy atom. The highest BCUT2D eigenvalue weighted by Gasteiger charge is 2.41. The maximum Gasteiger partial charge on any atom is 0.338 e. The third-order valence-corrected chi connectivity index (χ3v) is 4.94. The van der Waals surface area contributed by atoms with Crippen LogP contribution < -0.4 is 5.32 Å². The van der Waals surface area contributed by atoms with E-state index in [-0.39, 0.29) is 17.4 Å². The highest BCUT2D eigenvalue weighted by Crippen LogP contribution is 2.42. The lowest BCUT2D eigenvalue weighted by molar-refractivity contribution is 0.0596. The van der Waals surface area contributed by atoms with Gasteiger partial charge in [0, 0.05) is 25.1 Å². The lowest BCUT2D eigenvalue weighted by Crippen LogP contribution is -2.34. The van der Waals surface area contributed by atoms with Crippen LogP contribution in [0.1, 0.15) is 44.1 Å². The molecule has 1 aliphatic heterocycles. The molecule has 0 fully saturated rings. The molecule has 3 aromatic rings. The molecule has 0 bridgehead atoms. The average molecular weight is 361 g/mol. The standard InChI is InChI=1S/C21H19N3O3/c1-24-12-11-22-20(24)18-16(13-7-4-3-5-8-13)19(25)17-14(21(26)27-2)9-6-10-15(17)23-18/h3-12,16,18,23H,1-2H3. The summed E-state index contributed by atoms with van der Waals surface area (Å²) in [6, 6.07) is 14.4. The number of aryl methyl sites for hydroxylation is 1. The predicted octanol–water partition coefficient (Wildman–Crippen LogP) is 3.34. The van der Waals surface area contributed by atoms with Gasteiger partial charge in [-0.15, -0.1) is 0 Å². The summed E-state index contributed by atoms with van der Waals surface area (Å²) in [7, 11) is 3.21. The van der Waals surface area contributed by atoms with Crippen molar-refractivity contribution in [1.29, 1.82) is 0 Å². The fourth-order valence-electron chi connectivity index (χ4n) is 3.67. The topological polar surface area (TPSA) is 73.2 Å². The van der Waals surface area contributed by atoms with Crippen LogP contribution in [0, 0.1) is 0 Å². The van der Waals surface area contributed by atoms with Gasteiger partial charge < -0.3 is 14.6 Å². The second-order valence-corrected chi connectivity index (χ2v) is 6.49. The third kappa shape index (κ3) is 2.79. The number of hydrogen-bond donors (Lipinski definition) is 1. The van der Waals surface area contributed by atoms with Crippen LogP contribution in [-0.4, -0.2) is 28.4 Å². The molecule has 6 nitrogen and oxygen atoms in total. The smallest absolute Gasteiger partial charge is 0.338 e. The van der Waals surface area contributed by atoms with Crippen molar-refractivity contribution in [3.05, 3.63) is 83.4 Å². The van der Waals surface area contributed by atoms with E-state index in [4.69, 9.17) is 4.74 Å². The quantitative estimate of drug-likeness (QED) is 0.725. The molecule has 1 aromatic heterocycles. The number of benzene rings is 2. The normalized spacial score (nSPS) is 18.5. The van der Waals surface area contributed by atoms with Gasteiger partial charge in [0.25, 0.3) is 0 Å². The van der Waals surface area contributed by atoms with E-state index < -0.39 is 11.9 Å². The Kier molecular flexibility index (Phi) is 4.24. The molecule has 0 radical (unpaired) electrons. The minimum absolute atomic E-state index is 0.121. The minimum Gasteiger partial charge on any atom is -0.465 e. The molecule has 0 saturated heterocycles. The second-order valence-electron chi connectivity index (χ2n) is 6.49. The highest BCUT2D eigenvalue weighted by atomic mass is 16.5. The number of nitrogens with zero attached hydrogens (tertiary/aromatic N) is 2. The van der Waals surface area contributed by atoms with Crippen LogP contribution in [-0.2, 0) is 11.8 Å². The molecular weight excluding hydrogens is 342 g/mol. The number of nitrogens with one attached hydrogen (secondary N) is 1. The van der Waals surface area contributed by atoms with Crippen molar-refractivity contribution in [3.63, 3.8) is 0 Å². The number of anilines is 1. The van der Waals surface area contributed by atoms with Gasteiger partial charge in [-0.2, -0.15) is 0 Å². The molecule has 1 aliphatic rings. The van der Waals surface area contributed by atoms with Crippen LogP contribution >= 0.6 is 0 Å². The maximum atomic E-state index is 13.6. The first-order valence-electron chi connectivity index (χ1n) is 8.66. The molecule has 1 N–H and O–H groups in total. The number of ketones is 1. The summed E-state index contributed by atoms with van der Waals surface area (Å²) in [5, 5.41) is 3.43. The number of carbonyl (C=O) groups excluding carboxylic acids is 2. The number of rotatable bonds is 3. The first-order chi connectivity index (χ1) is 13.1. The summed E-state index contributed by atoms with van der Waals surface area (Å²) >= 11 is 0. The predicted molar refractivity (Wildman–Crippen MR) is 101 cm³/mol. The van der Waals surface area contributed by atoms with Gasteiger partial charge in [0.2, 0.25) is 0 Å². The average Bonchev–Trinajstić information content (AvgIpc) is 3.13. The molecule has 2 atom stereocenters. The van der Waals surface area contributed by atoms with Gasteiger partial charge in [-0.25, -0.2) is 9.78 Å². The van der Waals surface area contributed by atoms with Gasteiger partial charge in [0.15, 0.2) is 5.78 Å². The highest BCUT2D eigenvalue weighted by molar-refractivity contribution is 6.14. The number of imidazole rings is 1. The van der Waals surface area contributed by atoms with Gasteiger partial charge in [0.05, 0.1) is 30.2 Å². The summed E-state index contributed by atoms with van der Waals surface area (Å²) in [4.78, 5) is 30.3. The van der Waals surface area contributed by atoms with Crippen molar-refractivity contribution in [2.45, 2.75) is 12.0 Å². The molecule has 2 aromatic carbocycles. The lowest BCUT2D eigenvalue weighted by atomic mass is 9.79. The Hall–Kier alpha value is -3.41. The summed E-state index contributed by atoms with van der Waals surface area (Å²) in [5.74, 6) is -0.398. The van der Waals surface area contributed by atoms with Gasteiger partial charge in [-0.05, 0) is 17.7 Å². The number of fused-ring (bicyclic) bond motifs is 1. The van der Waals surface area contributed by atoms with E-state index in [0.29, 0.717) is 11.3 Å². The summed E-state index contributed by atoms with van der Waals surface area (Å²) < 4.78 is 6.77. The van der Waals surface area contributed by atoms with Gasteiger partial charge in [-0.1, -0.05) is 36.4 Å². The Morgan fingerprint density at radius 1 is 1.15 bits per heavy atom. The van der Waals surface area contributed by atoms with Gasteiger partial charge in [0.1, 0.15) is 5.82 Å². The monoisotopic (exact) mass is 361 g/mol. The first kappa shape index (κ1) is 17.0. The molecule has 136 valence electrons. The SMILES string of the molecule is COC(=O)c1cccc2c1C(=O)C(c1ccccc1)C(c1nccn1C)N2. The third-order valence-electron chi connectivity index (χ3n) is 4.94. The lowest BCUT2D eigenvalue weighted by Gasteiger charge is -2.34. The fourth-order valence-corrected chi connectivity index (χ4v) is 3.67. The Morgan fingerprint density at radius 2 is 1.93 bits per heavy atom. The van der Waals surface area contributed by atoms with Crippen molar-refractivity contribution >= 4 is 17.4 Å². The molecule has 0 spiro atoms. The van der Waals surface area contributed by atoms with Crippen LogP contribution in [0.5, 0.6) is 0 Å². The van der Waals surface area contributed by atoms with E-state index in [1.165, 1.54) is 7.11 Å². The fraction of sp³-hybridized carbons (Fsp3) is 0.190. The van der Waals surface area contributed by atoms with Crippen molar-refractivity contribution in [2.24, 2.45) is 7.05 Å². The minimum atomic E-state index is -0.524. The molecule has 0 amide bonds. The number of methoxy groups -OCH3 is 1. The molecule has 2 unspecified atom stereocenters. The van der Waals surface area contributed by atoms with E-state index in [2.05, 4.69) is 10.3 Å². The van der Waals surface area contributed by atoms with Crippen LogP contribution in [0.25, 0.3) is 0 Å². The van der Waals surface area contributed by atoms with Crippen molar-refractivity contribution in [1.82, 2.24) is 9.55 Å².